The number of carbonyl (C=O) groups is 1. The van der Waals surface area contributed by atoms with Crippen LogP contribution in [0.3, 0.4) is 0 Å². The van der Waals surface area contributed by atoms with Gasteiger partial charge in [-0.15, -0.1) is 0 Å². The Balaban J connectivity index is 1.59. The SMILES string of the molecule is CCOc1ccc(-c2noc(CNC(=O)CN(Cc3ccccc3F)S(C)(=O)=O)n2)cc1. The fourth-order valence-electron chi connectivity index (χ4n) is 2.81. The fourth-order valence-corrected chi connectivity index (χ4v) is 3.53. The summed E-state index contributed by atoms with van der Waals surface area (Å²) in [5.41, 5.74) is 0.880. The minimum Gasteiger partial charge on any atom is -0.494 e. The lowest BCUT2D eigenvalue weighted by Crippen LogP contribution is -2.39. The molecule has 1 heterocycles. The van der Waals surface area contributed by atoms with E-state index >= 15 is 0 Å². The van der Waals surface area contributed by atoms with Crippen LogP contribution in [0.2, 0.25) is 0 Å². The van der Waals surface area contributed by atoms with Gasteiger partial charge in [-0.05, 0) is 37.3 Å². The first-order valence-corrected chi connectivity index (χ1v) is 11.6. The van der Waals surface area contributed by atoms with Crippen molar-refractivity contribution in [1.82, 2.24) is 19.8 Å². The molecule has 3 aromatic rings. The number of hydrogen-bond acceptors (Lipinski definition) is 7. The van der Waals surface area contributed by atoms with Gasteiger partial charge in [0, 0.05) is 17.7 Å². The van der Waals surface area contributed by atoms with Gasteiger partial charge in [-0.1, -0.05) is 23.4 Å². The summed E-state index contributed by atoms with van der Waals surface area (Å²) < 4.78 is 49.4. The van der Waals surface area contributed by atoms with Gasteiger partial charge in [0.2, 0.25) is 27.6 Å². The Bertz CT molecular complexity index is 1160. The average Bonchev–Trinajstić information content (AvgIpc) is 3.22. The molecule has 0 unspecified atom stereocenters. The van der Waals surface area contributed by atoms with Gasteiger partial charge in [-0.25, -0.2) is 12.8 Å². The molecule has 0 atom stereocenters. The van der Waals surface area contributed by atoms with Gasteiger partial charge in [0.05, 0.1) is 26.0 Å². The number of benzene rings is 2. The lowest BCUT2D eigenvalue weighted by molar-refractivity contribution is -0.121. The molecule has 0 fully saturated rings. The summed E-state index contributed by atoms with van der Waals surface area (Å²) >= 11 is 0. The largest absolute Gasteiger partial charge is 0.494 e. The molecule has 0 aliphatic heterocycles. The predicted molar refractivity (Wildman–Crippen MR) is 114 cm³/mol. The van der Waals surface area contributed by atoms with E-state index in [4.69, 9.17) is 9.26 Å². The van der Waals surface area contributed by atoms with Crippen molar-refractivity contribution in [3.8, 4) is 17.1 Å². The van der Waals surface area contributed by atoms with Crippen molar-refractivity contribution < 1.29 is 26.9 Å². The standard InChI is InChI=1S/C21H23FN4O5S/c1-3-30-17-10-8-15(9-11-17)21-24-20(31-25-21)12-23-19(27)14-26(32(2,28)29)13-16-6-4-5-7-18(16)22/h4-11H,3,12-14H2,1-2H3,(H,23,27). The minimum absolute atomic E-state index is 0.0832. The van der Waals surface area contributed by atoms with Crippen LogP contribution in [0, 0.1) is 5.82 Å². The van der Waals surface area contributed by atoms with Gasteiger partial charge >= 0.3 is 0 Å². The van der Waals surface area contributed by atoms with E-state index in [1.54, 1.807) is 30.3 Å². The van der Waals surface area contributed by atoms with Crippen molar-refractivity contribution in [3.05, 3.63) is 65.8 Å². The maximum absolute atomic E-state index is 13.9. The van der Waals surface area contributed by atoms with Crippen molar-refractivity contribution in [3.63, 3.8) is 0 Å². The molecule has 0 saturated carbocycles. The first kappa shape index (κ1) is 23.4. The zero-order valence-electron chi connectivity index (χ0n) is 17.6. The predicted octanol–water partition coefficient (Wildman–Crippen LogP) is 2.35. The number of halogens is 1. The van der Waals surface area contributed by atoms with E-state index in [2.05, 4.69) is 15.5 Å². The Hall–Kier alpha value is -3.31. The van der Waals surface area contributed by atoms with E-state index in [9.17, 15) is 17.6 Å². The quantitative estimate of drug-likeness (QED) is 0.492. The van der Waals surface area contributed by atoms with Crippen LogP contribution in [0.25, 0.3) is 11.4 Å². The molecule has 0 saturated heterocycles. The second-order valence-corrected chi connectivity index (χ2v) is 8.85. The molecule has 0 aliphatic carbocycles. The number of carbonyl (C=O) groups excluding carboxylic acids is 1. The Kier molecular flexibility index (Phi) is 7.54. The molecule has 1 N–H and O–H groups in total. The number of nitrogens with zero attached hydrogens (tertiary/aromatic N) is 3. The summed E-state index contributed by atoms with van der Waals surface area (Å²) in [4.78, 5) is 16.5. The molecule has 32 heavy (non-hydrogen) atoms. The van der Waals surface area contributed by atoms with Crippen LogP contribution in [-0.4, -0.2) is 48.2 Å². The number of rotatable bonds is 10. The van der Waals surface area contributed by atoms with Crippen LogP contribution in [-0.2, 0) is 27.9 Å². The minimum atomic E-state index is -3.75. The number of aromatic nitrogens is 2. The summed E-state index contributed by atoms with van der Waals surface area (Å²) in [5, 5.41) is 6.42. The fraction of sp³-hybridized carbons (Fsp3) is 0.286. The molecule has 0 aliphatic rings. The van der Waals surface area contributed by atoms with Crippen molar-refractivity contribution in [2.45, 2.75) is 20.0 Å². The maximum atomic E-state index is 13.9. The number of amides is 1. The van der Waals surface area contributed by atoms with Crippen LogP contribution < -0.4 is 10.1 Å². The second-order valence-electron chi connectivity index (χ2n) is 6.87. The Morgan fingerprint density at radius 1 is 1.19 bits per heavy atom. The molecule has 170 valence electrons. The van der Waals surface area contributed by atoms with Crippen molar-refractivity contribution in [2.75, 3.05) is 19.4 Å². The molecule has 1 amide bonds. The number of nitrogens with one attached hydrogen (secondary N) is 1. The molecule has 11 heteroatoms. The van der Waals surface area contributed by atoms with E-state index < -0.39 is 28.3 Å². The molecule has 0 bridgehead atoms. The van der Waals surface area contributed by atoms with E-state index in [-0.39, 0.29) is 24.5 Å². The molecular weight excluding hydrogens is 439 g/mol. The van der Waals surface area contributed by atoms with E-state index in [0.717, 1.165) is 16.3 Å². The number of sulfonamides is 1. The summed E-state index contributed by atoms with van der Waals surface area (Å²) in [6, 6.07) is 12.9. The second kappa shape index (κ2) is 10.3. The van der Waals surface area contributed by atoms with E-state index in [1.807, 2.05) is 6.92 Å². The maximum Gasteiger partial charge on any atom is 0.246 e. The van der Waals surface area contributed by atoms with Crippen molar-refractivity contribution in [2.24, 2.45) is 0 Å². The third kappa shape index (κ3) is 6.34. The summed E-state index contributed by atoms with van der Waals surface area (Å²) in [6.07, 6.45) is 0.961. The van der Waals surface area contributed by atoms with Gasteiger partial charge in [0.25, 0.3) is 0 Å². The molecule has 0 radical (unpaired) electrons. The first-order valence-electron chi connectivity index (χ1n) is 9.77. The molecular formula is C21H23FN4O5S. The van der Waals surface area contributed by atoms with Crippen LogP contribution >= 0.6 is 0 Å². The summed E-state index contributed by atoms with van der Waals surface area (Å²) in [5.74, 6) is 0.0803. The summed E-state index contributed by atoms with van der Waals surface area (Å²) in [7, 11) is -3.75. The smallest absolute Gasteiger partial charge is 0.246 e. The zero-order valence-corrected chi connectivity index (χ0v) is 18.4. The van der Waals surface area contributed by atoms with E-state index in [0.29, 0.717) is 18.0 Å². The summed E-state index contributed by atoms with van der Waals surface area (Å²) in [6.45, 7) is 1.62. The zero-order chi connectivity index (χ0) is 23.1. The lowest BCUT2D eigenvalue weighted by Gasteiger charge is -2.19. The van der Waals surface area contributed by atoms with Crippen LogP contribution in [0.5, 0.6) is 5.75 Å². The Morgan fingerprint density at radius 2 is 1.91 bits per heavy atom. The van der Waals surface area contributed by atoms with Gasteiger partial charge < -0.3 is 14.6 Å². The molecule has 2 aromatic carbocycles. The van der Waals surface area contributed by atoms with Gasteiger partial charge in [-0.2, -0.15) is 9.29 Å². The lowest BCUT2D eigenvalue weighted by atomic mass is 10.2. The van der Waals surface area contributed by atoms with Crippen LogP contribution in [0.1, 0.15) is 18.4 Å². The highest BCUT2D eigenvalue weighted by Crippen LogP contribution is 2.20. The topological polar surface area (TPSA) is 115 Å². The highest BCUT2D eigenvalue weighted by Gasteiger charge is 2.22. The van der Waals surface area contributed by atoms with Gasteiger partial charge in [0.1, 0.15) is 11.6 Å². The van der Waals surface area contributed by atoms with Crippen LogP contribution in [0.4, 0.5) is 4.39 Å². The molecule has 0 spiro atoms. The molecule has 1 aromatic heterocycles. The first-order chi connectivity index (χ1) is 15.3. The normalized spacial score (nSPS) is 11.5. The average molecular weight is 463 g/mol. The third-order valence-corrected chi connectivity index (χ3v) is 5.62. The monoisotopic (exact) mass is 462 g/mol. The molecule has 3 rings (SSSR count). The van der Waals surface area contributed by atoms with Gasteiger partial charge in [0.15, 0.2) is 0 Å². The van der Waals surface area contributed by atoms with Crippen LogP contribution in [0.15, 0.2) is 53.1 Å². The number of hydrogen-bond donors (Lipinski definition) is 1. The highest BCUT2D eigenvalue weighted by molar-refractivity contribution is 7.88. The molecule has 9 nitrogen and oxygen atoms in total. The van der Waals surface area contributed by atoms with Crippen molar-refractivity contribution in [1.29, 1.82) is 0 Å². The Labute approximate surface area is 185 Å². The number of ether oxygens (including phenoxy) is 1. The van der Waals surface area contributed by atoms with Crippen molar-refractivity contribution >= 4 is 15.9 Å². The van der Waals surface area contributed by atoms with Gasteiger partial charge in [-0.3, -0.25) is 4.79 Å². The third-order valence-electron chi connectivity index (χ3n) is 4.42. The van der Waals surface area contributed by atoms with E-state index in [1.165, 1.54) is 18.2 Å². The highest BCUT2D eigenvalue weighted by atomic mass is 32.2. The Morgan fingerprint density at radius 3 is 2.56 bits per heavy atom.